The fourth-order valence-corrected chi connectivity index (χ4v) is 3.37. The van der Waals surface area contributed by atoms with Crippen molar-refractivity contribution in [1.82, 2.24) is 4.57 Å². The molecule has 0 aliphatic carbocycles. The number of ether oxygens (including phenoxy) is 1. The number of aromatic nitrogens is 1. The summed E-state index contributed by atoms with van der Waals surface area (Å²) in [5, 5.41) is 0. The van der Waals surface area contributed by atoms with Gasteiger partial charge < -0.3 is 13.7 Å². The van der Waals surface area contributed by atoms with Gasteiger partial charge in [0.1, 0.15) is 5.76 Å². The summed E-state index contributed by atoms with van der Waals surface area (Å²) in [6, 6.07) is 5.42. The van der Waals surface area contributed by atoms with E-state index in [0.29, 0.717) is 17.2 Å². The molecule has 2 aromatic rings. The summed E-state index contributed by atoms with van der Waals surface area (Å²) in [4.78, 5) is 25.2. The van der Waals surface area contributed by atoms with Crippen LogP contribution in [0.15, 0.2) is 22.6 Å². The molecule has 1 aliphatic rings. The van der Waals surface area contributed by atoms with Crippen molar-refractivity contribution >= 4 is 11.8 Å². The van der Waals surface area contributed by atoms with Gasteiger partial charge >= 0.3 is 5.97 Å². The van der Waals surface area contributed by atoms with Gasteiger partial charge in [0.25, 0.3) is 0 Å². The van der Waals surface area contributed by atoms with Crippen molar-refractivity contribution in [1.29, 1.82) is 0 Å². The van der Waals surface area contributed by atoms with Gasteiger partial charge in [-0.25, -0.2) is 0 Å². The van der Waals surface area contributed by atoms with Gasteiger partial charge in [-0.15, -0.1) is 0 Å². The molecule has 1 atom stereocenters. The molecule has 3 rings (SSSR count). The molecule has 0 bridgehead atoms. The largest absolute Gasteiger partial charge is 0.462 e. The van der Waals surface area contributed by atoms with E-state index in [1.165, 1.54) is 0 Å². The third kappa shape index (κ3) is 2.90. The van der Waals surface area contributed by atoms with Crippen molar-refractivity contribution < 1.29 is 18.7 Å². The van der Waals surface area contributed by atoms with Crippen LogP contribution in [0.1, 0.15) is 65.9 Å². The van der Waals surface area contributed by atoms with Crippen LogP contribution in [-0.2, 0) is 16.1 Å². The van der Waals surface area contributed by atoms with Gasteiger partial charge in [0.05, 0.1) is 17.7 Å². The maximum Gasteiger partial charge on any atom is 0.315 e. The summed E-state index contributed by atoms with van der Waals surface area (Å²) in [6.07, 6.45) is 1.45. The summed E-state index contributed by atoms with van der Waals surface area (Å²) in [5.74, 6) is 0.393. The lowest BCUT2D eigenvalue weighted by molar-refractivity contribution is -0.149. The number of ketones is 1. The van der Waals surface area contributed by atoms with E-state index in [4.69, 9.17) is 9.15 Å². The standard InChI is InChI=1S/C19H23NO4/c1-11(2)23-19(22)14-6-5-9-20-15(14)10-12(3)17(20)18(21)16-8-7-13(4)24-16/h7-8,10-11,14H,5-6,9H2,1-4H3. The second-order valence-electron chi connectivity index (χ2n) is 6.67. The maximum atomic E-state index is 12.8. The van der Waals surface area contributed by atoms with E-state index in [1.54, 1.807) is 12.1 Å². The van der Waals surface area contributed by atoms with Crippen molar-refractivity contribution in [3.63, 3.8) is 0 Å². The third-order valence-corrected chi connectivity index (χ3v) is 4.37. The minimum atomic E-state index is -0.306. The average Bonchev–Trinajstić information content (AvgIpc) is 3.08. The van der Waals surface area contributed by atoms with Crippen LogP contribution in [0.2, 0.25) is 0 Å². The first-order valence-electron chi connectivity index (χ1n) is 8.40. The molecular weight excluding hydrogens is 306 g/mol. The molecule has 0 saturated heterocycles. The second-order valence-corrected chi connectivity index (χ2v) is 6.67. The molecular formula is C19H23NO4. The van der Waals surface area contributed by atoms with Crippen LogP contribution in [0.5, 0.6) is 0 Å². The normalized spacial score (nSPS) is 17.0. The Bertz CT molecular complexity index is 781. The summed E-state index contributed by atoms with van der Waals surface area (Å²) in [6.45, 7) is 8.14. The Morgan fingerprint density at radius 1 is 1.29 bits per heavy atom. The predicted octanol–water partition coefficient (Wildman–Crippen LogP) is 3.76. The van der Waals surface area contributed by atoms with Crippen LogP contribution >= 0.6 is 0 Å². The minimum Gasteiger partial charge on any atom is -0.462 e. The number of carbonyl (C=O) groups excluding carboxylic acids is 2. The molecule has 0 radical (unpaired) electrons. The highest BCUT2D eigenvalue weighted by molar-refractivity contribution is 6.07. The maximum absolute atomic E-state index is 12.8. The van der Waals surface area contributed by atoms with Crippen LogP contribution in [0.4, 0.5) is 0 Å². The van der Waals surface area contributed by atoms with E-state index in [0.717, 1.165) is 30.6 Å². The molecule has 0 saturated carbocycles. The second kappa shape index (κ2) is 6.30. The minimum absolute atomic E-state index is 0.135. The first kappa shape index (κ1) is 16.6. The van der Waals surface area contributed by atoms with Gasteiger partial charge in [-0.05, 0) is 64.3 Å². The lowest BCUT2D eigenvalue weighted by atomic mass is 9.96. The smallest absolute Gasteiger partial charge is 0.315 e. The van der Waals surface area contributed by atoms with Crippen LogP contribution in [0.3, 0.4) is 0 Å². The number of carbonyl (C=O) groups is 2. The summed E-state index contributed by atoms with van der Waals surface area (Å²) >= 11 is 0. The van der Waals surface area contributed by atoms with E-state index in [2.05, 4.69) is 0 Å². The lowest BCUT2D eigenvalue weighted by Gasteiger charge is -2.25. The van der Waals surface area contributed by atoms with E-state index >= 15 is 0 Å². The quantitative estimate of drug-likeness (QED) is 0.633. The highest BCUT2D eigenvalue weighted by Gasteiger charge is 2.33. The monoisotopic (exact) mass is 329 g/mol. The third-order valence-electron chi connectivity index (χ3n) is 4.37. The zero-order valence-electron chi connectivity index (χ0n) is 14.6. The predicted molar refractivity (Wildman–Crippen MR) is 89.2 cm³/mol. The molecule has 0 amide bonds. The molecule has 0 aromatic carbocycles. The van der Waals surface area contributed by atoms with Crippen LogP contribution in [0, 0.1) is 13.8 Å². The van der Waals surface area contributed by atoms with Crippen molar-refractivity contribution in [2.75, 3.05) is 0 Å². The molecule has 5 heteroatoms. The molecule has 0 spiro atoms. The fourth-order valence-electron chi connectivity index (χ4n) is 3.37. The van der Waals surface area contributed by atoms with E-state index in [1.807, 2.05) is 38.3 Å². The highest BCUT2D eigenvalue weighted by atomic mass is 16.5. The molecule has 1 aliphatic heterocycles. The SMILES string of the molecule is Cc1ccc(C(=O)c2c(C)cc3n2CCCC3C(=O)OC(C)C)o1. The van der Waals surface area contributed by atoms with Crippen molar-refractivity contribution in [3.05, 3.63) is 46.7 Å². The molecule has 24 heavy (non-hydrogen) atoms. The molecule has 2 aromatic heterocycles. The molecule has 0 fully saturated rings. The Kier molecular flexibility index (Phi) is 4.35. The van der Waals surface area contributed by atoms with Gasteiger partial charge in [0, 0.05) is 12.2 Å². The number of aryl methyl sites for hydroxylation is 2. The van der Waals surface area contributed by atoms with Gasteiger partial charge in [-0.3, -0.25) is 9.59 Å². The number of fused-ring (bicyclic) bond motifs is 1. The lowest BCUT2D eigenvalue weighted by Crippen LogP contribution is -2.27. The summed E-state index contributed by atoms with van der Waals surface area (Å²) in [7, 11) is 0. The van der Waals surface area contributed by atoms with Crippen LogP contribution in [0.25, 0.3) is 0 Å². The Morgan fingerprint density at radius 2 is 2.04 bits per heavy atom. The van der Waals surface area contributed by atoms with Gasteiger partial charge in [-0.1, -0.05) is 0 Å². The van der Waals surface area contributed by atoms with Crippen LogP contribution in [-0.4, -0.2) is 22.4 Å². The van der Waals surface area contributed by atoms with Crippen LogP contribution < -0.4 is 0 Å². The van der Waals surface area contributed by atoms with Gasteiger partial charge in [-0.2, -0.15) is 0 Å². The summed E-state index contributed by atoms with van der Waals surface area (Å²) < 4.78 is 12.8. The van der Waals surface area contributed by atoms with Crippen molar-refractivity contribution in [2.24, 2.45) is 0 Å². The highest BCUT2D eigenvalue weighted by Crippen LogP contribution is 2.33. The van der Waals surface area contributed by atoms with E-state index < -0.39 is 0 Å². The van der Waals surface area contributed by atoms with Crippen molar-refractivity contribution in [3.8, 4) is 0 Å². The first-order chi connectivity index (χ1) is 11.4. The summed E-state index contributed by atoms with van der Waals surface area (Å²) in [5.41, 5.74) is 2.35. The topological polar surface area (TPSA) is 61.4 Å². The number of nitrogens with zero attached hydrogens (tertiary/aromatic N) is 1. The average molecular weight is 329 g/mol. The number of rotatable bonds is 4. The zero-order chi connectivity index (χ0) is 17.4. The Morgan fingerprint density at radius 3 is 2.67 bits per heavy atom. The van der Waals surface area contributed by atoms with Gasteiger partial charge in [0.2, 0.25) is 5.78 Å². The fraction of sp³-hybridized carbons (Fsp3) is 0.474. The van der Waals surface area contributed by atoms with E-state index in [9.17, 15) is 9.59 Å². The number of esters is 1. The number of hydrogen-bond donors (Lipinski definition) is 0. The Labute approximate surface area is 141 Å². The van der Waals surface area contributed by atoms with Gasteiger partial charge in [0.15, 0.2) is 5.76 Å². The Hall–Kier alpha value is -2.30. The zero-order valence-corrected chi connectivity index (χ0v) is 14.6. The molecule has 0 N–H and O–H groups in total. The molecule has 1 unspecified atom stereocenters. The number of furan rings is 1. The molecule has 5 nitrogen and oxygen atoms in total. The Balaban J connectivity index is 1.98. The van der Waals surface area contributed by atoms with E-state index in [-0.39, 0.29) is 23.8 Å². The van der Waals surface area contributed by atoms with Crippen molar-refractivity contribution in [2.45, 2.75) is 59.1 Å². The first-order valence-corrected chi connectivity index (χ1v) is 8.40. The number of hydrogen-bond acceptors (Lipinski definition) is 4. The molecule has 128 valence electrons. The molecule has 3 heterocycles.